The predicted molar refractivity (Wildman–Crippen MR) is 62.9 cm³/mol. The maximum absolute atomic E-state index is 10.8. The molecule has 1 atom stereocenters. The normalized spacial score (nSPS) is 12.2. The second-order valence-electron chi connectivity index (χ2n) is 3.20. The van der Waals surface area contributed by atoms with Crippen molar-refractivity contribution in [1.82, 2.24) is 0 Å². The van der Waals surface area contributed by atoms with E-state index >= 15 is 0 Å². The number of halogens is 1. The van der Waals surface area contributed by atoms with Crippen LogP contribution in [0.2, 0.25) is 0 Å². The number of nitrogens with zero attached hydrogens (tertiary/aromatic N) is 1. The first kappa shape index (κ1) is 11.9. The highest BCUT2D eigenvalue weighted by Crippen LogP contribution is 2.28. The van der Waals surface area contributed by atoms with Crippen LogP contribution in [0.5, 0.6) is 0 Å². The number of nitrogens with two attached hydrogens (primary N) is 1. The summed E-state index contributed by atoms with van der Waals surface area (Å²) in [5.41, 5.74) is 5.97. The van der Waals surface area contributed by atoms with Gasteiger partial charge in [0.25, 0.3) is 5.69 Å². The molecule has 0 amide bonds. The fourth-order valence-electron chi connectivity index (χ4n) is 1.10. The zero-order chi connectivity index (χ0) is 11.4. The van der Waals surface area contributed by atoms with Gasteiger partial charge in [0.2, 0.25) is 0 Å². The number of nitrogens with one attached hydrogen (secondary N) is 1. The van der Waals surface area contributed by atoms with E-state index in [0.717, 1.165) is 0 Å². The second kappa shape index (κ2) is 5.09. The Morgan fingerprint density at radius 3 is 2.87 bits per heavy atom. The number of nitro groups is 1. The van der Waals surface area contributed by atoms with Crippen molar-refractivity contribution in [1.29, 1.82) is 0 Å². The smallest absolute Gasteiger partial charge is 0.293 e. The van der Waals surface area contributed by atoms with Crippen LogP contribution in [0.1, 0.15) is 6.92 Å². The summed E-state index contributed by atoms with van der Waals surface area (Å²) in [5, 5.41) is 13.7. The van der Waals surface area contributed by atoms with Crippen molar-refractivity contribution in [3.63, 3.8) is 0 Å². The minimum Gasteiger partial charge on any atom is -0.376 e. The minimum atomic E-state index is -0.420. The van der Waals surface area contributed by atoms with E-state index in [9.17, 15) is 10.1 Å². The lowest BCUT2D eigenvalue weighted by molar-refractivity contribution is -0.384. The average molecular weight is 274 g/mol. The maximum Gasteiger partial charge on any atom is 0.293 e. The third-order valence-corrected chi connectivity index (χ3v) is 2.41. The van der Waals surface area contributed by atoms with Crippen molar-refractivity contribution < 1.29 is 4.92 Å². The highest BCUT2D eigenvalue weighted by Gasteiger charge is 2.14. The second-order valence-corrected chi connectivity index (χ2v) is 4.12. The van der Waals surface area contributed by atoms with Crippen LogP contribution < -0.4 is 11.1 Å². The molecule has 5 nitrogen and oxygen atoms in total. The van der Waals surface area contributed by atoms with Crippen molar-refractivity contribution in [2.24, 2.45) is 5.73 Å². The average Bonchev–Trinajstić information content (AvgIpc) is 2.20. The van der Waals surface area contributed by atoms with Crippen molar-refractivity contribution in [2.75, 3.05) is 11.9 Å². The first-order valence-electron chi connectivity index (χ1n) is 4.45. The van der Waals surface area contributed by atoms with Gasteiger partial charge in [-0.25, -0.2) is 0 Å². The molecule has 0 aliphatic heterocycles. The van der Waals surface area contributed by atoms with Gasteiger partial charge >= 0.3 is 0 Å². The first-order valence-corrected chi connectivity index (χ1v) is 5.24. The molecule has 1 aromatic carbocycles. The molecule has 15 heavy (non-hydrogen) atoms. The van der Waals surface area contributed by atoms with Crippen molar-refractivity contribution in [2.45, 2.75) is 13.0 Å². The van der Waals surface area contributed by atoms with Gasteiger partial charge in [-0.05, 0) is 19.1 Å². The highest BCUT2D eigenvalue weighted by molar-refractivity contribution is 9.10. The Hall–Kier alpha value is -1.14. The molecular weight excluding hydrogens is 262 g/mol. The van der Waals surface area contributed by atoms with Gasteiger partial charge in [0.15, 0.2) is 0 Å². The van der Waals surface area contributed by atoms with Crippen molar-refractivity contribution >= 4 is 27.3 Å². The highest BCUT2D eigenvalue weighted by atomic mass is 79.9. The topological polar surface area (TPSA) is 81.2 Å². The zero-order valence-electron chi connectivity index (χ0n) is 8.24. The molecule has 0 heterocycles. The molecule has 0 bridgehead atoms. The third kappa shape index (κ3) is 3.17. The van der Waals surface area contributed by atoms with Crippen LogP contribution in [0.4, 0.5) is 11.4 Å². The van der Waals surface area contributed by atoms with E-state index in [1.807, 2.05) is 6.92 Å². The summed E-state index contributed by atoms with van der Waals surface area (Å²) >= 11 is 3.19. The van der Waals surface area contributed by atoms with Crippen LogP contribution in [0.15, 0.2) is 22.7 Å². The lowest BCUT2D eigenvalue weighted by Crippen LogP contribution is -2.25. The van der Waals surface area contributed by atoms with E-state index in [1.165, 1.54) is 6.07 Å². The van der Waals surface area contributed by atoms with Gasteiger partial charge < -0.3 is 11.1 Å². The number of benzene rings is 1. The zero-order valence-corrected chi connectivity index (χ0v) is 9.82. The largest absolute Gasteiger partial charge is 0.376 e. The molecule has 3 N–H and O–H groups in total. The summed E-state index contributed by atoms with van der Waals surface area (Å²) in [7, 11) is 0. The SMILES string of the molecule is CC(CN)Nc1ccc(Br)cc1[N+](=O)[O-]. The van der Waals surface area contributed by atoms with E-state index < -0.39 is 4.92 Å². The summed E-state index contributed by atoms with van der Waals surface area (Å²) < 4.78 is 0.681. The van der Waals surface area contributed by atoms with E-state index in [4.69, 9.17) is 5.73 Å². The number of anilines is 1. The Balaban J connectivity index is 3.01. The minimum absolute atomic E-state index is 0.00451. The standard InChI is InChI=1S/C9H12BrN3O2/c1-6(5-11)12-8-3-2-7(10)4-9(8)13(14)15/h2-4,6,12H,5,11H2,1H3. The molecule has 0 aromatic heterocycles. The molecule has 1 rings (SSSR count). The Morgan fingerprint density at radius 2 is 2.33 bits per heavy atom. The molecule has 6 heteroatoms. The van der Waals surface area contributed by atoms with E-state index in [2.05, 4.69) is 21.2 Å². The van der Waals surface area contributed by atoms with Crippen LogP contribution in [-0.2, 0) is 0 Å². The van der Waals surface area contributed by atoms with Gasteiger partial charge in [-0.2, -0.15) is 0 Å². The Morgan fingerprint density at radius 1 is 1.67 bits per heavy atom. The maximum atomic E-state index is 10.8. The number of hydrogen-bond donors (Lipinski definition) is 2. The van der Waals surface area contributed by atoms with Crippen LogP contribution >= 0.6 is 15.9 Å². The summed E-state index contributed by atoms with van der Waals surface area (Å²) in [5.74, 6) is 0. The summed E-state index contributed by atoms with van der Waals surface area (Å²) in [6.07, 6.45) is 0. The van der Waals surface area contributed by atoms with Crippen LogP contribution in [0.3, 0.4) is 0 Å². The molecule has 0 saturated heterocycles. The molecule has 0 radical (unpaired) electrons. The lowest BCUT2D eigenvalue weighted by Gasteiger charge is -2.12. The monoisotopic (exact) mass is 273 g/mol. The molecule has 0 aliphatic rings. The molecule has 1 aromatic rings. The molecule has 0 spiro atoms. The summed E-state index contributed by atoms with van der Waals surface area (Å²) in [6.45, 7) is 2.29. The number of rotatable bonds is 4. The fraction of sp³-hybridized carbons (Fsp3) is 0.333. The molecule has 0 saturated carbocycles. The number of hydrogen-bond acceptors (Lipinski definition) is 4. The van der Waals surface area contributed by atoms with Gasteiger partial charge in [-0.1, -0.05) is 15.9 Å². The summed E-state index contributed by atoms with van der Waals surface area (Å²) in [4.78, 5) is 10.3. The van der Waals surface area contributed by atoms with Crippen LogP contribution in [0, 0.1) is 10.1 Å². The van der Waals surface area contributed by atoms with Crippen LogP contribution in [0.25, 0.3) is 0 Å². The van der Waals surface area contributed by atoms with E-state index in [1.54, 1.807) is 12.1 Å². The molecular formula is C9H12BrN3O2. The Labute approximate surface area is 95.9 Å². The number of nitro benzene ring substituents is 1. The molecule has 0 aliphatic carbocycles. The Kier molecular flexibility index (Phi) is 4.05. The van der Waals surface area contributed by atoms with E-state index in [-0.39, 0.29) is 11.7 Å². The lowest BCUT2D eigenvalue weighted by atomic mass is 10.2. The van der Waals surface area contributed by atoms with Gasteiger partial charge in [-0.15, -0.1) is 0 Å². The van der Waals surface area contributed by atoms with Gasteiger partial charge in [0.1, 0.15) is 5.69 Å². The first-order chi connectivity index (χ1) is 7.04. The quantitative estimate of drug-likeness (QED) is 0.650. The van der Waals surface area contributed by atoms with E-state index in [0.29, 0.717) is 16.7 Å². The summed E-state index contributed by atoms with van der Waals surface area (Å²) in [6, 6.07) is 4.88. The Bertz CT molecular complexity index is 370. The van der Waals surface area contributed by atoms with Gasteiger partial charge in [0.05, 0.1) is 4.92 Å². The fourth-order valence-corrected chi connectivity index (χ4v) is 1.45. The van der Waals surface area contributed by atoms with Crippen LogP contribution in [-0.4, -0.2) is 17.5 Å². The predicted octanol–water partition coefficient (Wildman–Crippen LogP) is 2.12. The molecule has 82 valence electrons. The molecule has 1 unspecified atom stereocenters. The van der Waals surface area contributed by atoms with Gasteiger partial charge in [-0.3, -0.25) is 10.1 Å². The molecule has 0 fully saturated rings. The van der Waals surface area contributed by atoms with Crippen molar-refractivity contribution in [3.05, 3.63) is 32.8 Å². The third-order valence-electron chi connectivity index (χ3n) is 1.91. The van der Waals surface area contributed by atoms with Gasteiger partial charge in [0, 0.05) is 23.1 Å². The van der Waals surface area contributed by atoms with Crippen molar-refractivity contribution in [3.8, 4) is 0 Å².